The lowest BCUT2D eigenvalue weighted by atomic mass is 10.2. The fourth-order valence-corrected chi connectivity index (χ4v) is 5.52. The summed E-state index contributed by atoms with van der Waals surface area (Å²) in [6, 6.07) is 14.5. The maximum Gasteiger partial charge on any atom is 0.234 e. The Labute approximate surface area is 234 Å². The number of benzene rings is 2. The van der Waals surface area contributed by atoms with Crippen LogP contribution in [0.3, 0.4) is 0 Å². The van der Waals surface area contributed by atoms with Gasteiger partial charge >= 0.3 is 0 Å². The van der Waals surface area contributed by atoms with Crippen LogP contribution < -0.4 is 9.47 Å². The summed E-state index contributed by atoms with van der Waals surface area (Å²) >= 11 is 14.8. The summed E-state index contributed by atoms with van der Waals surface area (Å²) in [6.07, 6.45) is 3.31. The Morgan fingerprint density at radius 3 is 1.45 bits per heavy atom. The van der Waals surface area contributed by atoms with Crippen LogP contribution in [0.15, 0.2) is 48.5 Å². The Kier molecular flexibility index (Phi) is 7.36. The number of nitrogens with zero attached hydrogens (tertiary/aromatic N) is 8. The summed E-state index contributed by atoms with van der Waals surface area (Å²) in [5.74, 6) is 3.14. The molecule has 0 aliphatic rings. The van der Waals surface area contributed by atoms with Crippen molar-refractivity contribution in [3.8, 4) is 11.5 Å². The standard InChI is InChI=1S/C24H20Cl2N8O2S2/c25-15-5-9-17(10-6-15)35-13-21-31-33-19(27-29-23(33)37-21)3-1-2-4-20-28-30-24-34(20)32-22(38-24)14-36-18-11-7-16(26)8-12-18/h5-12H,1-4,13-14H2. The van der Waals surface area contributed by atoms with Crippen molar-refractivity contribution < 1.29 is 9.47 Å². The van der Waals surface area contributed by atoms with E-state index in [0.29, 0.717) is 23.3 Å². The van der Waals surface area contributed by atoms with Gasteiger partial charge in [-0.05, 0) is 61.4 Å². The first-order valence-corrected chi connectivity index (χ1v) is 14.2. The molecule has 4 aromatic heterocycles. The third-order valence-corrected chi connectivity index (χ3v) is 7.85. The van der Waals surface area contributed by atoms with Crippen molar-refractivity contribution in [2.24, 2.45) is 0 Å². The molecule has 10 nitrogen and oxygen atoms in total. The highest BCUT2D eigenvalue weighted by molar-refractivity contribution is 7.16. The van der Waals surface area contributed by atoms with Gasteiger partial charge in [-0.15, -0.1) is 20.4 Å². The highest BCUT2D eigenvalue weighted by Crippen LogP contribution is 2.22. The second-order valence-electron chi connectivity index (χ2n) is 8.31. The van der Waals surface area contributed by atoms with Gasteiger partial charge in [-0.2, -0.15) is 19.2 Å². The number of unbranched alkanes of at least 4 members (excludes halogenated alkanes) is 1. The monoisotopic (exact) mass is 586 g/mol. The molecule has 0 unspecified atom stereocenters. The summed E-state index contributed by atoms with van der Waals surface area (Å²) in [4.78, 5) is 1.51. The minimum absolute atomic E-state index is 0.359. The number of hydrogen-bond donors (Lipinski definition) is 0. The normalized spacial score (nSPS) is 11.5. The van der Waals surface area contributed by atoms with E-state index in [9.17, 15) is 0 Å². The van der Waals surface area contributed by atoms with Crippen molar-refractivity contribution in [2.45, 2.75) is 38.9 Å². The van der Waals surface area contributed by atoms with Gasteiger partial charge in [0.15, 0.2) is 21.7 Å². The van der Waals surface area contributed by atoms with E-state index in [2.05, 4.69) is 30.6 Å². The maximum atomic E-state index is 5.92. The number of fused-ring (bicyclic) bond motifs is 2. The van der Waals surface area contributed by atoms with Gasteiger partial charge in [-0.3, -0.25) is 0 Å². The smallest absolute Gasteiger partial charge is 0.234 e. The number of ether oxygens (including phenoxy) is 2. The average molecular weight is 588 g/mol. The summed E-state index contributed by atoms with van der Waals surface area (Å²) in [5, 5.41) is 29.4. The molecule has 0 bridgehead atoms. The molecule has 14 heteroatoms. The van der Waals surface area contributed by atoms with Crippen LogP contribution in [0, 0.1) is 0 Å². The molecule has 0 atom stereocenters. The van der Waals surface area contributed by atoms with Crippen LogP contribution in [0.25, 0.3) is 9.92 Å². The lowest BCUT2D eigenvalue weighted by Crippen LogP contribution is -2.02. The molecular formula is C24H20Cl2N8O2S2. The molecule has 2 aromatic carbocycles. The number of aryl methyl sites for hydroxylation is 2. The molecule has 6 aromatic rings. The second kappa shape index (κ2) is 11.2. The SMILES string of the molecule is Clc1ccc(OCc2nn3c(CCCCc4nnc5sc(COc6ccc(Cl)cc6)nn45)nnc3s2)cc1. The van der Waals surface area contributed by atoms with E-state index in [-0.39, 0.29) is 0 Å². The van der Waals surface area contributed by atoms with Crippen LogP contribution in [0.4, 0.5) is 0 Å². The predicted molar refractivity (Wildman–Crippen MR) is 146 cm³/mol. The van der Waals surface area contributed by atoms with Crippen LogP contribution in [-0.2, 0) is 26.1 Å². The number of rotatable bonds is 11. The first kappa shape index (κ1) is 25.0. The van der Waals surface area contributed by atoms with Gasteiger partial charge in [-0.1, -0.05) is 45.9 Å². The predicted octanol–water partition coefficient (Wildman–Crippen LogP) is 5.72. The molecule has 0 aliphatic carbocycles. The molecule has 0 saturated heterocycles. The molecule has 0 radical (unpaired) electrons. The van der Waals surface area contributed by atoms with Crippen molar-refractivity contribution >= 4 is 55.8 Å². The first-order valence-electron chi connectivity index (χ1n) is 11.8. The fourth-order valence-electron chi connectivity index (χ4n) is 3.74. The molecule has 194 valence electrons. The van der Waals surface area contributed by atoms with Crippen LogP contribution in [-0.4, -0.2) is 39.6 Å². The van der Waals surface area contributed by atoms with Crippen LogP contribution in [0.2, 0.25) is 10.0 Å². The summed E-state index contributed by atoms with van der Waals surface area (Å²) in [5.41, 5.74) is 0. The Balaban J connectivity index is 1.01. The van der Waals surface area contributed by atoms with Crippen molar-refractivity contribution in [3.05, 3.63) is 80.2 Å². The zero-order chi connectivity index (χ0) is 25.9. The third-order valence-electron chi connectivity index (χ3n) is 5.60. The van der Waals surface area contributed by atoms with E-state index in [1.165, 1.54) is 22.7 Å². The van der Waals surface area contributed by atoms with Crippen LogP contribution >= 0.6 is 45.9 Å². The molecule has 0 saturated carbocycles. The van der Waals surface area contributed by atoms with Gasteiger partial charge in [0.05, 0.1) is 0 Å². The van der Waals surface area contributed by atoms with E-state index in [1.54, 1.807) is 33.3 Å². The van der Waals surface area contributed by atoms with Crippen molar-refractivity contribution in [1.29, 1.82) is 0 Å². The van der Waals surface area contributed by atoms with Crippen molar-refractivity contribution in [3.63, 3.8) is 0 Å². The van der Waals surface area contributed by atoms with Crippen molar-refractivity contribution in [2.75, 3.05) is 0 Å². The molecule has 0 fully saturated rings. The van der Waals surface area contributed by atoms with Gasteiger partial charge in [-0.25, -0.2) is 0 Å². The van der Waals surface area contributed by atoms with Gasteiger partial charge in [0.2, 0.25) is 9.92 Å². The quantitative estimate of drug-likeness (QED) is 0.178. The summed E-state index contributed by atoms with van der Waals surface area (Å²) in [6.45, 7) is 0.719. The molecule has 4 heterocycles. The zero-order valence-electron chi connectivity index (χ0n) is 19.8. The topological polar surface area (TPSA) is 105 Å². The Morgan fingerprint density at radius 2 is 1.03 bits per heavy atom. The summed E-state index contributed by atoms with van der Waals surface area (Å²) in [7, 11) is 0. The molecule has 0 spiro atoms. The largest absolute Gasteiger partial charge is 0.486 e. The molecule has 0 N–H and O–H groups in total. The van der Waals surface area contributed by atoms with Gasteiger partial charge in [0.1, 0.15) is 24.7 Å². The number of aromatic nitrogens is 8. The van der Waals surface area contributed by atoms with E-state index < -0.39 is 0 Å². The Morgan fingerprint density at radius 1 is 0.605 bits per heavy atom. The molecule has 0 aliphatic heterocycles. The fraction of sp³-hybridized carbons (Fsp3) is 0.250. The van der Waals surface area contributed by atoms with E-state index in [0.717, 1.165) is 68.8 Å². The second-order valence-corrected chi connectivity index (χ2v) is 11.3. The zero-order valence-corrected chi connectivity index (χ0v) is 23.0. The Hall–Kier alpha value is -3.32. The minimum Gasteiger partial charge on any atom is -0.486 e. The van der Waals surface area contributed by atoms with Crippen LogP contribution in [0.5, 0.6) is 11.5 Å². The molecular weight excluding hydrogens is 567 g/mol. The lowest BCUT2D eigenvalue weighted by molar-refractivity contribution is 0.304. The number of hydrogen-bond acceptors (Lipinski definition) is 10. The summed E-state index contributed by atoms with van der Waals surface area (Å²) < 4.78 is 15.2. The molecule has 6 rings (SSSR count). The first-order chi connectivity index (χ1) is 18.6. The third kappa shape index (κ3) is 5.73. The molecule has 38 heavy (non-hydrogen) atoms. The van der Waals surface area contributed by atoms with E-state index >= 15 is 0 Å². The lowest BCUT2D eigenvalue weighted by Gasteiger charge is -2.03. The Bertz CT molecular complexity index is 1540. The minimum atomic E-state index is 0.359. The van der Waals surface area contributed by atoms with Gasteiger partial charge < -0.3 is 9.47 Å². The van der Waals surface area contributed by atoms with Crippen molar-refractivity contribution in [1.82, 2.24) is 39.6 Å². The average Bonchev–Trinajstić information content (AvgIpc) is 3.68. The highest BCUT2D eigenvalue weighted by atomic mass is 35.5. The number of halogens is 2. The maximum absolute atomic E-state index is 5.92. The van der Waals surface area contributed by atoms with Gasteiger partial charge in [0, 0.05) is 22.9 Å². The van der Waals surface area contributed by atoms with Gasteiger partial charge in [0.25, 0.3) is 0 Å². The van der Waals surface area contributed by atoms with Crippen LogP contribution in [0.1, 0.15) is 34.5 Å². The van der Waals surface area contributed by atoms with E-state index in [4.69, 9.17) is 32.7 Å². The highest BCUT2D eigenvalue weighted by Gasteiger charge is 2.14. The van der Waals surface area contributed by atoms with E-state index in [1.807, 2.05) is 24.3 Å². The molecule has 0 amide bonds.